The number of carbonyl (C=O) groups is 1. The lowest BCUT2D eigenvalue weighted by Gasteiger charge is -2.40. The summed E-state index contributed by atoms with van der Waals surface area (Å²) in [4.78, 5) is 15.6. The maximum Gasteiger partial charge on any atom is 0.216 e. The first-order valence-electron chi connectivity index (χ1n) is 10.5. The lowest BCUT2D eigenvalue weighted by molar-refractivity contribution is -0.118. The van der Waals surface area contributed by atoms with Gasteiger partial charge in [0, 0.05) is 26.2 Å². The first kappa shape index (κ1) is 23.5. The van der Waals surface area contributed by atoms with Crippen LogP contribution in [-0.2, 0) is 16.8 Å². The Balaban J connectivity index is 1.70. The molecule has 1 aromatic carbocycles. The number of halogens is 3. The van der Waals surface area contributed by atoms with Crippen molar-refractivity contribution >= 4 is 21.8 Å². The molecule has 1 fully saturated rings. The average molecular weight is 521 g/mol. The molecular formula is C23H23BrF2N4O3. The van der Waals surface area contributed by atoms with Gasteiger partial charge in [-0.3, -0.25) is 9.78 Å². The molecule has 1 aliphatic rings. The van der Waals surface area contributed by atoms with Crippen molar-refractivity contribution < 1.29 is 23.2 Å². The number of aromatic nitrogens is 2. The molecule has 3 N–H and O–H groups in total. The van der Waals surface area contributed by atoms with Crippen LogP contribution in [0.3, 0.4) is 0 Å². The normalized spacial score (nSPS) is 20.6. The highest BCUT2D eigenvalue weighted by atomic mass is 79.9. The van der Waals surface area contributed by atoms with Crippen molar-refractivity contribution in [2.45, 2.75) is 31.3 Å². The number of hydrogen-bond acceptors (Lipinski definition) is 6. The monoisotopic (exact) mass is 520 g/mol. The minimum absolute atomic E-state index is 0.120. The fourth-order valence-corrected chi connectivity index (χ4v) is 4.78. The molecule has 7 nitrogen and oxygen atoms in total. The highest BCUT2D eigenvalue weighted by Gasteiger charge is 2.45. The van der Waals surface area contributed by atoms with E-state index in [-0.39, 0.29) is 17.9 Å². The number of nitrogens with one attached hydrogen (secondary N) is 2. The summed E-state index contributed by atoms with van der Waals surface area (Å²) in [5.41, 5.74) is 0.663. The highest BCUT2D eigenvalue weighted by molar-refractivity contribution is 9.10. The molecule has 3 aromatic rings. The molecule has 0 bridgehead atoms. The molecule has 2 aromatic heterocycles. The second-order valence-electron chi connectivity index (χ2n) is 8.01. The molecule has 1 amide bonds. The van der Waals surface area contributed by atoms with Crippen LogP contribution in [0.25, 0.3) is 11.5 Å². The van der Waals surface area contributed by atoms with Gasteiger partial charge in [0.05, 0.1) is 10.4 Å². The molecule has 1 aliphatic heterocycles. The topological polar surface area (TPSA) is 100 Å². The Morgan fingerprint density at radius 2 is 2.18 bits per heavy atom. The summed E-state index contributed by atoms with van der Waals surface area (Å²) in [6.45, 7) is 2.75. The number of benzene rings is 1. The number of amides is 1. The van der Waals surface area contributed by atoms with E-state index in [0.717, 1.165) is 17.7 Å². The van der Waals surface area contributed by atoms with Gasteiger partial charge in [-0.15, -0.1) is 0 Å². The van der Waals surface area contributed by atoms with Crippen LogP contribution in [-0.4, -0.2) is 40.8 Å². The summed E-state index contributed by atoms with van der Waals surface area (Å²) in [6.07, 6.45) is 2.45. The van der Waals surface area contributed by atoms with Crippen molar-refractivity contribution in [2.75, 3.05) is 19.6 Å². The summed E-state index contributed by atoms with van der Waals surface area (Å²) in [7, 11) is 0. The molecule has 2 atom stereocenters. The van der Waals surface area contributed by atoms with E-state index in [1.165, 1.54) is 13.0 Å². The van der Waals surface area contributed by atoms with Crippen molar-refractivity contribution in [2.24, 2.45) is 0 Å². The molecule has 0 saturated carbocycles. The van der Waals surface area contributed by atoms with Crippen molar-refractivity contribution in [1.82, 2.24) is 20.8 Å². The number of rotatable bonds is 6. The van der Waals surface area contributed by atoms with Gasteiger partial charge in [0.15, 0.2) is 17.4 Å². The molecule has 4 rings (SSSR count). The van der Waals surface area contributed by atoms with Crippen molar-refractivity contribution in [3.05, 3.63) is 69.5 Å². The van der Waals surface area contributed by atoms with Crippen molar-refractivity contribution in [3.8, 4) is 11.5 Å². The molecule has 3 heterocycles. The second kappa shape index (κ2) is 9.66. The van der Waals surface area contributed by atoms with Crippen molar-refractivity contribution in [3.63, 3.8) is 0 Å². The van der Waals surface area contributed by atoms with Crippen LogP contribution in [0.4, 0.5) is 8.78 Å². The number of aliphatic hydroxyl groups is 1. The highest BCUT2D eigenvalue weighted by Crippen LogP contribution is 2.45. The molecule has 0 aliphatic carbocycles. The molecule has 0 spiro atoms. The van der Waals surface area contributed by atoms with Gasteiger partial charge in [-0.25, -0.2) is 8.78 Å². The van der Waals surface area contributed by atoms with Gasteiger partial charge in [-0.2, -0.15) is 0 Å². The Labute approximate surface area is 197 Å². The maximum absolute atomic E-state index is 14.0. The first-order valence-corrected chi connectivity index (χ1v) is 11.3. The number of carbonyl (C=O) groups excluding carboxylic acids is 1. The number of pyridine rings is 1. The second-order valence-corrected chi connectivity index (χ2v) is 8.81. The minimum Gasteiger partial charge on any atom is -0.384 e. The van der Waals surface area contributed by atoms with E-state index in [0.29, 0.717) is 47.7 Å². The fraction of sp³-hybridized carbons (Fsp3) is 0.348. The summed E-state index contributed by atoms with van der Waals surface area (Å²) < 4.78 is 33.6. The SMILES string of the molecule is CC(=O)NCCc1cccnc1-c1onc(C2CNCCC2(O)c2ccc(F)c(F)c2)c1Br. The Morgan fingerprint density at radius 1 is 1.36 bits per heavy atom. The Kier molecular flexibility index (Phi) is 6.87. The van der Waals surface area contributed by atoms with Crippen LogP contribution in [0, 0.1) is 11.6 Å². The van der Waals surface area contributed by atoms with Gasteiger partial charge in [0.1, 0.15) is 17.0 Å². The van der Waals surface area contributed by atoms with Crippen LogP contribution in [0.15, 0.2) is 45.5 Å². The van der Waals surface area contributed by atoms with E-state index in [4.69, 9.17) is 4.52 Å². The van der Waals surface area contributed by atoms with Crippen LogP contribution in [0.2, 0.25) is 0 Å². The van der Waals surface area contributed by atoms with E-state index in [2.05, 4.69) is 36.7 Å². The molecule has 33 heavy (non-hydrogen) atoms. The Hall–Kier alpha value is -2.69. The van der Waals surface area contributed by atoms with Crippen LogP contribution in [0.5, 0.6) is 0 Å². The van der Waals surface area contributed by atoms with Gasteiger partial charge in [0.25, 0.3) is 0 Å². The number of hydrogen-bond donors (Lipinski definition) is 3. The smallest absolute Gasteiger partial charge is 0.216 e. The summed E-state index contributed by atoms with van der Waals surface area (Å²) >= 11 is 3.56. The van der Waals surface area contributed by atoms with Gasteiger partial charge in [-0.05, 0) is 64.6 Å². The lowest BCUT2D eigenvalue weighted by atomic mass is 9.75. The third-order valence-corrected chi connectivity index (χ3v) is 6.66. The zero-order chi connectivity index (χ0) is 23.6. The van der Waals surface area contributed by atoms with Crippen molar-refractivity contribution in [1.29, 1.82) is 0 Å². The van der Waals surface area contributed by atoms with E-state index >= 15 is 0 Å². The van der Waals surface area contributed by atoms with E-state index in [9.17, 15) is 18.7 Å². The summed E-state index contributed by atoms with van der Waals surface area (Å²) in [6, 6.07) is 7.12. The third-order valence-electron chi connectivity index (χ3n) is 5.89. The predicted octanol–water partition coefficient (Wildman–Crippen LogP) is 3.42. The molecule has 2 unspecified atom stereocenters. The number of nitrogens with zero attached hydrogens (tertiary/aromatic N) is 2. The average Bonchev–Trinajstić information content (AvgIpc) is 3.17. The lowest BCUT2D eigenvalue weighted by Crippen LogP contribution is -2.47. The standard InChI is InChI=1S/C23H23BrF2N4O3/c1-13(31)28-9-6-14-3-2-8-29-20(14)22-19(24)21(30-33-22)16-12-27-10-7-23(16,32)15-4-5-17(25)18(26)11-15/h2-5,8,11,16,27,32H,6-7,9-10,12H2,1H3,(H,28,31). The quantitative estimate of drug-likeness (QED) is 0.460. The maximum atomic E-state index is 14.0. The molecule has 0 radical (unpaired) electrons. The predicted molar refractivity (Wildman–Crippen MR) is 120 cm³/mol. The Bertz CT molecular complexity index is 1170. The molecule has 174 valence electrons. The zero-order valence-electron chi connectivity index (χ0n) is 17.9. The minimum atomic E-state index is -1.48. The molecular weight excluding hydrogens is 498 g/mol. The molecule has 1 saturated heterocycles. The van der Waals surface area contributed by atoms with E-state index in [1.807, 2.05) is 6.07 Å². The van der Waals surface area contributed by atoms with Crippen LogP contribution in [0.1, 0.15) is 36.1 Å². The van der Waals surface area contributed by atoms with E-state index in [1.54, 1.807) is 12.3 Å². The first-order chi connectivity index (χ1) is 15.8. The number of piperidine rings is 1. The Morgan fingerprint density at radius 3 is 2.94 bits per heavy atom. The van der Waals surface area contributed by atoms with Gasteiger partial charge in [0.2, 0.25) is 5.91 Å². The third kappa shape index (κ3) is 4.68. The zero-order valence-corrected chi connectivity index (χ0v) is 19.5. The summed E-state index contributed by atoms with van der Waals surface area (Å²) in [5.74, 6) is -2.31. The van der Waals surface area contributed by atoms with Gasteiger partial charge in [-0.1, -0.05) is 17.3 Å². The van der Waals surface area contributed by atoms with Gasteiger partial charge >= 0.3 is 0 Å². The molecule has 10 heteroatoms. The summed E-state index contributed by atoms with van der Waals surface area (Å²) in [5, 5.41) is 21.8. The van der Waals surface area contributed by atoms with Crippen LogP contribution < -0.4 is 10.6 Å². The van der Waals surface area contributed by atoms with Gasteiger partial charge < -0.3 is 20.3 Å². The van der Waals surface area contributed by atoms with Crippen LogP contribution >= 0.6 is 15.9 Å². The fourth-order valence-electron chi connectivity index (χ4n) is 4.18. The largest absolute Gasteiger partial charge is 0.384 e. The van der Waals surface area contributed by atoms with E-state index < -0.39 is 23.2 Å².